The van der Waals surface area contributed by atoms with Crippen LogP contribution >= 0.6 is 0 Å². The third-order valence-corrected chi connectivity index (χ3v) is 2.19. The zero-order valence-corrected chi connectivity index (χ0v) is 11.5. The Bertz CT molecular complexity index is 538. The lowest BCUT2D eigenvalue weighted by Crippen LogP contribution is -2.40. The number of benzene rings is 1. The monoisotopic (exact) mass is 300 g/mol. The lowest BCUT2D eigenvalue weighted by atomic mass is 10.1. The SMILES string of the molecule is CN(C)/N=C/C=C/c1ccccc1NNC(=O)C(F)(F)F. The summed E-state index contributed by atoms with van der Waals surface area (Å²) in [5, 5.41) is 5.55. The number of nitrogens with one attached hydrogen (secondary N) is 2. The van der Waals surface area contributed by atoms with Crippen LogP contribution in [0.2, 0.25) is 0 Å². The molecule has 0 radical (unpaired) electrons. The van der Waals surface area contributed by atoms with Crippen LogP contribution in [0.5, 0.6) is 0 Å². The number of amides is 1. The van der Waals surface area contributed by atoms with Crippen molar-refractivity contribution in [3.63, 3.8) is 0 Å². The summed E-state index contributed by atoms with van der Waals surface area (Å²) < 4.78 is 36.3. The van der Waals surface area contributed by atoms with E-state index in [1.165, 1.54) is 6.21 Å². The molecule has 114 valence electrons. The van der Waals surface area contributed by atoms with E-state index in [2.05, 4.69) is 10.5 Å². The van der Waals surface area contributed by atoms with Crippen LogP contribution in [0.25, 0.3) is 6.08 Å². The van der Waals surface area contributed by atoms with Crippen LogP contribution < -0.4 is 10.9 Å². The third-order valence-electron chi connectivity index (χ3n) is 2.19. The van der Waals surface area contributed by atoms with Crippen molar-refractivity contribution in [3.05, 3.63) is 35.9 Å². The fourth-order valence-electron chi connectivity index (χ4n) is 1.27. The number of hydrogen-bond acceptors (Lipinski definition) is 4. The summed E-state index contributed by atoms with van der Waals surface area (Å²) in [6, 6.07) is 6.58. The van der Waals surface area contributed by atoms with Crippen molar-refractivity contribution in [1.82, 2.24) is 10.4 Å². The van der Waals surface area contributed by atoms with Gasteiger partial charge in [0.05, 0.1) is 5.69 Å². The number of nitrogens with zero attached hydrogens (tertiary/aromatic N) is 2. The molecule has 0 aliphatic heterocycles. The van der Waals surface area contributed by atoms with Crippen LogP contribution in [-0.2, 0) is 4.79 Å². The van der Waals surface area contributed by atoms with Gasteiger partial charge in [0.25, 0.3) is 0 Å². The predicted molar refractivity (Wildman–Crippen MR) is 75.5 cm³/mol. The number of hydrazine groups is 1. The number of anilines is 1. The van der Waals surface area contributed by atoms with E-state index < -0.39 is 12.1 Å². The van der Waals surface area contributed by atoms with Gasteiger partial charge in [-0.3, -0.25) is 15.6 Å². The van der Waals surface area contributed by atoms with E-state index in [1.807, 2.05) is 0 Å². The van der Waals surface area contributed by atoms with Crippen molar-refractivity contribution < 1.29 is 18.0 Å². The quantitative estimate of drug-likeness (QED) is 0.648. The molecule has 1 aromatic carbocycles. The van der Waals surface area contributed by atoms with E-state index in [0.29, 0.717) is 11.3 Å². The molecule has 1 aromatic rings. The molecule has 5 nitrogen and oxygen atoms in total. The Morgan fingerprint density at radius 3 is 2.57 bits per heavy atom. The van der Waals surface area contributed by atoms with Crippen LogP contribution in [0.3, 0.4) is 0 Å². The summed E-state index contributed by atoms with van der Waals surface area (Å²) in [6.07, 6.45) is -0.123. The molecule has 0 aromatic heterocycles. The molecule has 0 fully saturated rings. The number of alkyl halides is 3. The molecule has 0 aliphatic rings. The Labute approximate surface area is 120 Å². The second-order valence-electron chi connectivity index (χ2n) is 4.14. The maximum absolute atomic E-state index is 12.1. The van der Waals surface area contributed by atoms with Gasteiger partial charge in [-0.1, -0.05) is 24.3 Å². The average molecular weight is 300 g/mol. The molecular weight excluding hydrogens is 285 g/mol. The van der Waals surface area contributed by atoms with Crippen molar-refractivity contribution >= 4 is 23.9 Å². The first-order chi connectivity index (χ1) is 9.80. The molecule has 8 heteroatoms. The van der Waals surface area contributed by atoms with Gasteiger partial charge in [0, 0.05) is 20.3 Å². The fraction of sp³-hybridized carbons (Fsp3) is 0.231. The summed E-state index contributed by atoms with van der Waals surface area (Å²) in [7, 11) is 3.51. The largest absolute Gasteiger partial charge is 0.472 e. The highest BCUT2D eigenvalue weighted by atomic mass is 19.4. The molecule has 0 spiro atoms. The second-order valence-corrected chi connectivity index (χ2v) is 4.14. The molecular formula is C13H15F3N4O. The second kappa shape index (κ2) is 7.32. The number of carbonyl (C=O) groups excluding carboxylic acids is 1. The zero-order valence-electron chi connectivity index (χ0n) is 11.5. The first-order valence-electron chi connectivity index (χ1n) is 5.91. The Morgan fingerprint density at radius 1 is 1.29 bits per heavy atom. The van der Waals surface area contributed by atoms with Crippen LogP contribution in [0.4, 0.5) is 18.9 Å². The minimum absolute atomic E-state index is 0.338. The summed E-state index contributed by atoms with van der Waals surface area (Å²) in [5.74, 6) is -2.06. The average Bonchev–Trinajstić information content (AvgIpc) is 2.40. The van der Waals surface area contributed by atoms with E-state index in [0.717, 1.165) is 0 Å². The van der Waals surface area contributed by atoms with Gasteiger partial charge in [0.2, 0.25) is 0 Å². The van der Waals surface area contributed by atoms with Crippen LogP contribution in [-0.4, -0.2) is 37.4 Å². The molecule has 1 amide bonds. The molecule has 2 N–H and O–H groups in total. The topological polar surface area (TPSA) is 56.7 Å². The van der Waals surface area contributed by atoms with Gasteiger partial charge < -0.3 is 5.01 Å². The number of hydrazone groups is 1. The number of para-hydroxylation sites is 1. The highest BCUT2D eigenvalue weighted by molar-refractivity contribution is 5.84. The number of rotatable bonds is 5. The minimum atomic E-state index is -4.93. The summed E-state index contributed by atoms with van der Waals surface area (Å²) in [5.41, 5.74) is 4.78. The van der Waals surface area contributed by atoms with E-state index in [4.69, 9.17) is 0 Å². The fourth-order valence-corrected chi connectivity index (χ4v) is 1.27. The van der Waals surface area contributed by atoms with Crippen molar-refractivity contribution in [2.45, 2.75) is 6.18 Å². The number of carbonyl (C=O) groups is 1. The Kier molecular flexibility index (Phi) is 5.77. The molecule has 0 bridgehead atoms. The van der Waals surface area contributed by atoms with Gasteiger partial charge in [-0.25, -0.2) is 0 Å². The van der Waals surface area contributed by atoms with Crippen LogP contribution in [0.15, 0.2) is 35.4 Å². The van der Waals surface area contributed by atoms with E-state index in [9.17, 15) is 18.0 Å². The predicted octanol–water partition coefficient (Wildman–Crippen LogP) is 2.25. The van der Waals surface area contributed by atoms with Crippen molar-refractivity contribution in [3.8, 4) is 0 Å². The van der Waals surface area contributed by atoms with E-state index in [1.54, 1.807) is 60.9 Å². The van der Waals surface area contributed by atoms with Gasteiger partial charge in [0.1, 0.15) is 0 Å². The molecule has 21 heavy (non-hydrogen) atoms. The zero-order chi connectivity index (χ0) is 15.9. The maximum Gasteiger partial charge on any atom is 0.472 e. The van der Waals surface area contributed by atoms with Gasteiger partial charge >= 0.3 is 12.1 Å². The first-order valence-corrected chi connectivity index (χ1v) is 5.91. The number of halogens is 3. The van der Waals surface area contributed by atoms with Crippen LogP contribution in [0, 0.1) is 0 Å². The Morgan fingerprint density at radius 2 is 1.95 bits per heavy atom. The smallest absolute Gasteiger partial charge is 0.303 e. The molecule has 1 rings (SSSR count). The lowest BCUT2D eigenvalue weighted by molar-refractivity contribution is -0.173. The normalized spacial score (nSPS) is 11.9. The molecule has 0 heterocycles. The standard InChI is InChI=1S/C13H15F3N4O/c1-20(2)17-9-5-7-10-6-3-4-8-11(10)18-19-12(21)13(14,15)16/h3-9,18H,1-2H3,(H,19,21)/b7-5+,17-9+. The minimum Gasteiger partial charge on any atom is -0.303 e. The molecule has 0 aliphatic carbocycles. The van der Waals surface area contributed by atoms with Gasteiger partial charge in [0.15, 0.2) is 0 Å². The van der Waals surface area contributed by atoms with Gasteiger partial charge in [-0.05, 0) is 17.7 Å². The molecule has 0 unspecified atom stereocenters. The van der Waals surface area contributed by atoms with Crippen molar-refractivity contribution in [2.24, 2.45) is 5.10 Å². The summed E-state index contributed by atoms with van der Waals surface area (Å²) in [4.78, 5) is 10.7. The third kappa shape index (κ3) is 5.98. The number of hydrogen-bond donors (Lipinski definition) is 2. The summed E-state index contributed by atoms with van der Waals surface area (Å²) in [6.45, 7) is 0. The highest BCUT2D eigenvalue weighted by Gasteiger charge is 2.38. The highest BCUT2D eigenvalue weighted by Crippen LogP contribution is 2.17. The maximum atomic E-state index is 12.1. The van der Waals surface area contributed by atoms with Gasteiger partial charge in [-0.2, -0.15) is 18.3 Å². The first kappa shape index (κ1) is 16.5. The van der Waals surface area contributed by atoms with Crippen LogP contribution in [0.1, 0.15) is 5.56 Å². The lowest BCUT2D eigenvalue weighted by Gasteiger charge is -2.12. The molecule has 0 saturated carbocycles. The Balaban J connectivity index is 2.74. The van der Waals surface area contributed by atoms with Crippen molar-refractivity contribution in [2.75, 3.05) is 19.5 Å². The van der Waals surface area contributed by atoms with E-state index >= 15 is 0 Å². The van der Waals surface area contributed by atoms with Crippen molar-refractivity contribution in [1.29, 1.82) is 0 Å². The molecule has 0 saturated heterocycles. The van der Waals surface area contributed by atoms with Gasteiger partial charge in [-0.15, -0.1) is 0 Å². The van der Waals surface area contributed by atoms with E-state index in [-0.39, 0.29) is 0 Å². The summed E-state index contributed by atoms with van der Waals surface area (Å²) >= 11 is 0. The number of allylic oxidation sites excluding steroid dienone is 1. The Hall–Kier alpha value is -2.51. The molecule has 0 atom stereocenters.